The Bertz CT molecular complexity index is 501. The number of nitrogens with one attached hydrogen (secondary N) is 1. The van der Waals surface area contributed by atoms with Crippen molar-refractivity contribution in [2.75, 3.05) is 13.1 Å². The van der Waals surface area contributed by atoms with E-state index in [4.69, 9.17) is 0 Å². The number of carbonyl (C=O) groups excluding carboxylic acids is 2. The summed E-state index contributed by atoms with van der Waals surface area (Å²) in [5, 5.41) is 11.9. The number of aliphatic carboxylic acids is 1. The molecule has 1 saturated heterocycles. The number of alkyl halides is 3. The molecular weight excluding hydrogens is 317 g/mol. The van der Waals surface area contributed by atoms with E-state index < -0.39 is 42.0 Å². The minimum absolute atomic E-state index is 0.293. The van der Waals surface area contributed by atoms with Gasteiger partial charge in [-0.25, -0.2) is 4.79 Å². The van der Waals surface area contributed by atoms with Crippen LogP contribution in [0.3, 0.4) is 0 Å². The average molecular weight is 336 g/mol. The maximum absolute atomic E-state index is 12.4. The third-order valence-corrected chi connectivity index (χ3v) is 4.43. The van der Waals surface area contributed by atoms with E-state index in [2.05, 4.69) is 5.32 Å². The Morgan fingerprint density at radius 2 is 1.87 bits per heavy atom. The molecule has 1 aliphatic heterocycles. The average Bonchev–Trinajstić information content (AvgIpc) is 2.79. The summed E-state index contributed by atoms with van der Waals surface area (Å²) in [6.07, 6.45) is -2.05. The molecule has 0 aromatic rings. The van der Waals surface area contributed by atoms with Crippen LogP contribution >= 0.6 is 0 Å². The van der Waals surface area contributed by atoms with E-state index in [-0.39, 0.29) is 13.0 Å². The quantitative estimate of drug-likeness (QED) is 0.810. The number of nitrogens with zero attached hydrogens (tertiary/aromatic N) is 1. The number of likely N-dealkylation sites (tertiary alicyclic amines) is 1. The van der Waals surface area contributed by atoms with Crippen LogP contribution in [0.2, 0.25) is 0 Å². The number of halogens is 3. The zero-order valence-electron chi connectivity index (χ0n) is 12.5. The zero-order chi connectivity index (χ0) is 17.3. The largest absolute Gasteiger partial charge is 0.480 e. The lowest BCUT2D eigenvalue weighted by atomic mass is 9.81. The second-order valence-electron chi connectivity index (χ2n) is 6.23. The Balaban J connectivity index is 2.01. The van der Waals surface area contributed by atoms with E-state index in [1.165, 1.54) is 0 Å². The second-order valence-corrected chi connectivity index (χ2v) is 6.23. The van der Waals surface area contributed by atoms with Crippen molar-refractivity contribution < 1.29 is 32.7 Å². The highest BCUT2D eigenvalue weighted by atomic mass is 19.4. The van der Waals surface area contributed by atoms with Gasteiger partial charge < -0.3 is 15.3 Å². The number of rotatable bonds is 4. The van der Waals surface area contributed by atoms with Gasteiger partial charge in [-0.05, 0) is 12.8 Å². The van der Waals surface area contributed by atoms with Crippen LogP contribution in [0.5, 0.6) is 0 Å². The Labute approximate surface area is 131 Å². The number of hydrogen-bond acceptors (Lipinski definition) is 3. The first-order valence-electron chi connectivity index (χ1n) is 7.53. The fraction of sp³-hybridized carbons (Fsp3) is 0.786. The molecule has 130 valence electrons. The molecular formula is C14H19F3N2O4. The molecule has 2 fully saturated rings. The molecule has 1 saturated carbocycles. The molecule has 23 heavy (non-hydrogen) atoms. The Morgan fingerprint density at radius 1 is 1.26 bits per heavy atom. The molecule has 0 aromatic carbocycles. The minimum atomic E-state index is -4.52. The van der Waals surface area contributed by atoms with Crippen molar-refractivity contribution in [3.8, 4) is 0 Å². The smallest absolute Gasteiger partial charge is 0.406 e. The Kier molecular flexibility index (Phi) is 4.86. The van der Waals surface area contributed by atoms with Gasteiger partial charge in [0.05, 0.1) is 5.92 Å². The fourth-order valence-electron chi connectivity index (χ4n) is 3.20. The Hall–Kier alpha value is -1.80. The standard InChI is InChI=1S/C14H19F3N2O4/c15-14(16,17)8-19-7-9(6-10(19)20)11(21)18-13(12(22)23)4-2-1-3-5-13/h9H,1-8H2,(H,18,21)(H,22,23). The molecule has 2 N–H and O–H groups in total. The van der Waals surface area contributed by atoms with Crippen molar-refractivity contribution in [3.63, 3.8) is 0 Å². The first-order valence-corrected chi connectivity index (χ1v) is 7.53. The monoisotopic (exact) mass is 336 g/mol. The minimum Gasteiger partial charge on any atom is -0.480 e. The number of amides is 2. The summed E-state index contributed by atoms with van der Waals surface area (Å²) in [6.45, 7) is -1.72. The number of hydrogen-bond donors (Lipinski definition) is 2. The highest BCUT2D eigenvalue weighted by Gasteiger charge is 2.45. The number of carboxylic acids is 1. The maximum atomic E-state index is 12.4. The molecule has 1 atom stereocenters. The first-order chi connectivity index (χ1) is 10.6. The van der Waals surface area contributed by atoms with Crippen molar-refractivity contribution in [2.45, 2.75) is 50.2 Å². The molecule has 0 radical (unpaired) electrons. The SMILES string of the molecule is O=C(NC1(C(=O)O)CCCCC1)C1CC(=O)N(CC(F)(F)F)C1. The van der Waals surface area contributed by atoms with E-state index in [1.807, 2.05) is 0 Å². The summed E-state index contributed by atoms with van der Waals surface area (Å²) >= 11 is 0. The van der Waals surface area contributed by atoms with Gasteiger partial charge in [0.1, 0.15) is 12.1 Å². The van der Waals surface area contributed by atoms with Gasteiger partial charge in [-0.15, -0.1) is 0 Å². The van der Waals surface area contributed by atoms with Crippen molar-refractivity contribution in [2.24, 2.45) is 5.92 Å². The van der Waals surface area contributed by atoms with Crippen LogP contribution in [-0.2, 0) is 14.4 Å². The molecule has 6 nitrogen and oxygen atoms in total. The lowest BCUT2D eigenvalue weighted by molar-refractivity contribution is -0.157. The third-order valence-electron chi connectivity index (χ3n) is 4.43. The molecule has 1 aliphatic carbocycles. The Morgan fingerprint density at radius 3 is 2.39 bits per heavy atom. The van der Waals surface area contributed by atoms with Gasteiger partial charge in [-0.3, -0.25) is 9.59 Å². The molecule has 2 aliphatic rings. The van der Waals surface area contributed by atoms with Crippen LogP contribution in [0.1, 0.15) is 38.5 Å². The van der Waals surface area contributed by atoms with E-state index in [0.717, 1.165) is 6.42 Å². The van der Waals surface area contributed by atoms with Gasteiger partial charge in [0, 0.05) is 13.0 Å². The van der Waals surface area contributed by atoms with Gasteiger partial charge >= 0.3 is 12.1 Å². The van der Waals surface area contributed by atoms with E-state index in [1.54, 1.807) is 0 Å². The van der Waals surface area contributed by atoms with Crippen LogP contribution < -0.4 is 5.32 Å². The lowest BCUT2D eigenvalue weighted by Gasteiger charge is -2.34. The van der Waals surface area contributed by atoms with Gasteiger partial charge in [-0.1, -0.05) is 19.3 Å². The fourth-order valence-corrected chi connectivity index (χ4v) is 3.20. The molecule has 0 bridgehead atoms. The van der Waals surface area contributed by atoms with Crippen LogP contribution in [0.4, 0.5) is 13.2 Å². The summed E-state index contributed by atoms with van der Waals surface area (Å²) in [7, 11) is 0. The molecule has 0 aromatic heterocycles. The summed E-state index contributed by atoms with van der Waals surface area (Å²) < 4.78 is 37.1. The van der Waals surface area contributed by atoms with Crippen molar-refractivity contribution >= 4 is 17.8 Å². The predicted octanol–water partition coefficient (Wildman–Crippen LogP) is 1.30. The maximum Gasteiger partial charge on any atom is 0.406 e. The highest BCUT2D eigenvalue weighted by molar-refractivity contribution is 5.92. The lowest BCUT2D eigenvalue weighted by Crippen LogP contribution is -2.57. The topological polar surface area (TPSA) is 86.7 Å². The summed E-state index contributed by atoms with van der Waals surface area (Å²) in [4.78, 5) is 35.9. The van der Waals surface area contributed by atoms with E-state index in [0.29, 0.717) is 30.6 Å². The predicted molar refractivity (Wildman–Crippen MR) is 72.3 cm³/mol. The van der Waals surface area contributed by atoms with Gasteiger partial charge in [0.15, 0.2) is 0 Å². The van der Waals surface area contributed by atoms with E-state index in [9.17, 15) is 32.7 Å². The second kappa shape index (κ2) is 6.37. The van der Waals surface area contributed by atoms with Crippen LogP contribution in [-0.4, -0.2) is 52.6 Å². The molecule has 1 heterocycles. The zero-order valence-corrected chi connectivity index (χ0v) is 12.5. The normalized spacial score (nSPS) is 24.6. The van der Waals surface area contributed by atoms with E-state index >= 15 is 0 Å². The highest BCUT2D eigenvalue weighted by Crippen LogP contribution is 2.30. The summed E-state index contributed by atoms with van der Waals surface area (Å²) in [6, 6.07) is 0. The molecule has 0 spiro atoms. The van der Waals surface area contributed by atoms with Crippen LogP contribution in [0, 0.1) is 5.92 Å². The summed E-state index contributed by atoms with van der Waals surface area (Å²) in [5.41, 5.74) is -1.37. The van der Waals surface area contributed by atoms with Gasteiger partial charge in [0.2, 0.25) is 11.8 Å². The van der Waals surface area contributed by atoms with Crippen LogP contribution in [0.15, 0.2) is 0 Å². The molecule has 1 unspecified atom stereocenters. The number of carbonyl (C=O) groups is 3. The van der Waals surface area contributed by atoms with Gasteiger partial charge in [0.25, 0.3) is 0 Å². The third kappa shape index (κ3) is 4.14. The molecule has 2 rings (SSSR count). The van der Waals surface area contributed by atoms with Crippen molar-refractivity contribution in [1.29, 1.82) is 0 Å². The molecule has 9 heteroatoms. The van der Waals surface area contributed by atoms with Crippen molar-refractivity contribution in [3.05, 3.63) is 0 Å². The first kappa shape index (κ1) is 17.6. The van der Waals surface area contributed by atoms with Gasteiger partial charge in [-0.2, -0.15) is 13.2 Å². The summed E-state index contributed by atoms with van der Waals surface area (Å²) in [5.74, 6) is -3.48. The molecule has 2 amide bonds. The van der Waals surface area contributed by atoms with Crippen LogP contribution in [0.25, 0.3) is 0 Å². The van der Waals surface area contributed by atoms with Crippen molar-refractivity contribution in [1.82, 2.24) is 10.2 Å². The number of carboxylic acid groups (broad SMARTS) is 1.